The van der Waals surface area contributed by atoms with Gasteiger partial charge in [0.2, 0.25) is 6.10 Å². The fourth-order valence-electron chi connectivity index (χ4n) is 2.61. The molecule has 1 N–H and O–H groups in total. The van der Waals surface area contributed by atoms with Gasteiger partial charge in [-0.15, -0.1) is 0 Å². The first kappa shape index (κ1) is 17.7. The highest BCUT2D eigenvalue weighted by atomic mass is 32.2. The van der Waals surface area contributed by atoms with Gasteiger partial charge in [0.25, 0.3) is 10.1 Å². The number of rotatable bonds is 4. The van der Waals surface area contributed by atoms with Gasteiger partial charge in [-0.3, -0.25) is 9.35 Å². The van der Waals surface area contributed by atoms with Crippen LogP contribution in [0.1, 0.15) is 29.9 Å². The van der Waals surface area contributed by atoms with Crippen LogP contribution >= 0.6 is 0 Å². The normalized spacial score (nSPS) is 19.7. The molecule has 1 aromatic rings. The third-order valence-electron chi connectivity index (χ3n) is 3.64. The van der Waals surface area contributed by atoms with Crippen LogP contribution in [0.5, 0.6) is 0 Å². The molecule has 0 aliphatic heterocycles. The molecule has 1 aliphatic rings. The average Bonchev–Trinajstić information content (AvgIpc) is 2.43. The molecule has 2 atom stereocenters. The van der Waals surface area contributed by atoms with Crippen molar-refractivity contribution in [3.05, 3.63) is 35.4 Å². The van der Waals surface area contributed by atoms with Crippen LogP contribution in [-0.4, -0.2) is 37.0 Å². The van der Waals surface area contributed by atoms with Crippen molar-refractivity contribution in [3.63, 3.8) is 0 Å². The van der Waals surface area contributed by atoms with Crippen LogP contribution in [0, 0.1) is 0 Å². The zero-order chi connectivity index (χ0) is 17.3. The van der Waals surface area contributed by atoms with E-state index in [1.54, 1.807) is 24.3 Å². The van der Waals surface area contributed by atoms with Crippen LogP contribution in [0.15, 0.2) is 24.3 Å². The SMILES string of the molecule is O=C(OC(CS(=O)(=O)O)C(F)(F)F)C1CCCc2ccccc21. The first-order valence-electron chi connectivity index (χ1n) is 6.88. The highest BCUT2D eigenvalue weighted by Crippen LogP contribution is 2.34. The first-order valence-corrected chi connectivity index (χ1v) is 8.49. The molecule has 5 nitrogen and oxygen atoms in total. The third-order valence-corrected chi connectivity index (χ3v) is 4.36. The van der Waals surface area contributed by atoms with Gasteiger partial charge in [0.1, 0.15) is 5.75 Å². The van der Waals surface area contributed by atoms with Crippen LogP contribution in [0.2, 0.25) is 0 Å². The number of fused-ring (bicyclic) bond motifs is 1. The monoisotopic (exact) mass is 352 g/mol. The van der Waals surface area contributed by atoms with E-state index in [-0.39, 0.29) is 0 Å². The van der Waals surface area contributed by atoms with Crippen LogP contribution in [0.4, 0.5) is 13.2 Å². The van der Waals surface area contributed by atoms with E-state index in [4.69, 9.17) is 4.55 Å². The lowest BCUT2D eigenvalue weighted by molar-refractivity contribution is -0.216. The Morgan fingerprint density at radius 2 is 2.00 bits per heavy atom. The minimum atomic E-state index is -5.08. The predicted octanol–water partition coefficient (Wildman–Crippen LogP) is 2.47. The number of benzene rings is 1. The Bertz CT molecular complexity index is 684. The van der Waals surface area contributed by atoms with E-state index in [1.165, 1.54) is 0 Å². The summed E-state index contributed by atoms with van der Waals surface area (Å²) < 4.78 is 72.9. The Kier molecular flexibility index (Phi) is 5.00. The number of esters is 1. The molecule has 0 radical (unpaired) electrons. The van der Waals surface area contributed by atoms with Gasteiger partial charge in [0.05, 0.1) is 5.92 Å². The molecule has 0 saturated carbocycles. The summed E-state index contributed by atoms with van der Waals surface area (Å²) in [5.41, 5.74) is 1.45. The summed E-state index contributed by atoms with van der Waals surface area (Å²) in [5, 5.41) is 0. The standard InChI is InChI=1S/C14H15F3O5S/c15-14(16,17)12(8-23(19,20)21)22-13(18)11-7-3-5-9-4-1-2-6-10(9)11/h1-2,4,6,11-12H,3,5,7-8H2,(H,19,20,21). The highest BCUT2D eigenvalue weighted by Gasteiger charge is 2.46. The maximum Gasteiger partial charge on any atom is 0.426 e. The van der Waals surface area contributed by atoms with E-state index in [1.807, 2.05) is 0 Å². The smallest absolute Gasteiger partial charge is 0.426 e. The molecule has 9 heteroatoms. The van der Waals surface area contributed by atoms with Crippen LogP contribution in [-0.2, 0) is 26.1 Å². The topological polar surface area (TPSA) is 80.7 Å². The molecule has 0 bridgehead atoms. The summed E-state index contributed by atoms with van der Waals surface area (Å²) in [5.74, 6) is -3.72. The summed E-state index contributed by atoms with van der Waals surface area (Å²) in [6.45, 7) is 0. The number of hydrogen-bond donors (Lipinski definition) is 1. The molecule has 0 spiro atoms. The van der Waals surface area contributed by atoms with Crippen molar-refractivity contribution < 1.29 is 35.7 Å². The van der Waals surface area contributed by atoms with Crippen molar-refractivity contribution in [1.29, 1.82) is 0 Å². The van der Waals surface area contributed by atoms with Crippen molar-refractivity contribution in [3.8, 4) is 0 Å². The number of hydrogen-bond acceptors (Lipinski definition) is 4. The number of alkyl halides is 3. The van der Waals surface area contributed by atoms with Gasteiger partial charge in [0, 0.05) is 0 Å². The Morgan fingerprint density at radius 3 is 2.61 bits per heavy atom. The minimum absolute atomic E-state index is 0.326. The Morgan fingerprint density at radius 1 is 1.35 bits per heavy atom. The first-order chi connectivity index (χ1) is 10.6. The van der Waals surface area contributed by atoms with Gasteiger partial charge in [-0.2, -0.15) is 21.6 Å². The van der Waals surface area contributed by atoms with Gasteiger partial charge in [0.15, 0.2) is 0 Å². The van der Waals surface area contributed by atoms with Crippen molar-refractivity contribution in [2.24, 2.45) is 0 Å². The zero-order valence-corrected chi connectivity index (χ0v) is 12.7. The average molecular weight is 352 g/mol. The zero-order valence-electron chi connectivity index (χ0n) is 11.9. The molecule has 0 amide bonds. The lowest BCUT2D eigenvalue weighted by Crippen LogP contribution is -2.40. The van der Waals surface area contributed by atoms with Crippen LogP contribution in [0.3, 0.4) is 0 Å². The van der Waals surface area contributed by atoms with Gasteiger partial charge in [-0.05, 0) is 30.4 Å². The Hall–Kier alpha value is -1.61. The summed E-state index contributed by atoms with van der Waals surface area (Å²) >= 11 is 0. The fraction of sp³-hybridized carbons (Fsp3) is 0.500. The van der Waals surface area contributed by atoms with Crippen molar-refractivity contribution >= 4 is 16.1 Å². The molecule has 0 saturated heterocycles. The number of halogens is 3. The van der Waals surface area contributed by atoms with E-state index in [2.05, 4.69) is 4.74 Å². The summed E-state index contributed by atoms with van der Waals surface area (Å²) in [6, 6.07) is 6.87. The molecule has 0 heterocycles. The highest BCUT2D eigenvalue weighted by molar-refractivity contribution is 7.85. The lowest BCUT2D eigenvalue weighted by Gasteiger charge is -2.26. The largest absolute Gasteiger partial charge is 0.451 e. The van der Waals surface area contributed by atoms with Crippen molar-refractivity contribution in [1.82, 2.24) is 0 Å². The van der Waals surface area contributed by atoms with Gasteiger partial charge >= 0.3 is 12.1 Å². The molecule has 2 unspecified atom stereocenters. The summed E-state index contributed by atoms with van der Waals surface area (Å²) in [6.07, 6.45) is -6.31. The van der Waals surface area contributed by atoms with Gasteiger partial charge in [-0.1, -0.05) is 24.3 Å². The van der Waals surface area contributed by atoms with Gasteiger partial charge in [-0.25, -0.2) is 0 Å². The molecular formula is C14H15F3O5S. The maximum absolute atomic E-state index is 12.8. The second-order valence-corrected chi connectivity index (χ2v) is 6.86. The van der Waals surface area contributed by atoms with Crippen molar-refractivity contribution in [2.75, 3.05) is 5.75 Å². The molecular weight excluding hydrogens is 337 g/mol. The van der Waals surface area contributed by atoms with E-state index in [9.17, 15) is 26.4 Å². The maximum atomic E-state index is 12.8. The van der Waals surface area contributed by atoms with Crippen LogP contribution < -0.4 is 0 Å². The third kappa shape index (κ3) is 4.68. The fourth-order valence-corrected chi connectivity index (χ4v) is 3.25. The van der Waals surface area contributed by atoms with E-state index >= 15 is 0 Å². The number of ether oxygens (including phenoxy) is 1. The van der Waals surface area contributed by atoms with Crippen molar-refractivity contribution in [2.45, 2.75) is 37.5 Å². The summed E-state index contributed by atoms with van der Waals surface area (Å²) in [4.78, 5) is 12.1. The molecule has 1 aliphatic carbocycles. The second-order valence-electron chi connectivity index (χ2n) is 5.36. The Balaban J connectivity index is 2.20. The minimum Gasteiger partial charge on any atom is -0.451 e. The predicted molar refractivity (Wildman–Crippen MR) is 74.5 cm³/mol. The number of aryl methyl sites for hydroxylation is 1. The van der Waals surface area contributed by atoms with Crippen LogP contribution in [0.25, 0.3) is 0 Å². The molecule has 128 valence electrons. The van der Waals surface area contributed by atoms with E-state index in [0.29, 0.717) is 24.8 Å². The molecule has 2 rings (SSSR count). The lowest BCUT2D eigenvalue weighted by atomic mass is 9.83. The Labute approximate surface area is 131 Å². The van der Waals surface area contributed by atoms with E-state index in [0.717, 1.165) is 5.56 Å². The quantitative estimate of drug-likeness (QED) is 0.665. The molecule has 23 heavy (non-hydrogen) atoms. The number of carbonyl (C=O) groups is 1. The second kappa shape index (κ2) is 6.48. The molecule has 0 fully saturated rings. The summed E-state index contributed by atoms with van der Waals surface area (Å²) in [7, 11) is -4.94. The van der Waals surface area contributed by atoms with Gasteiger partial charge < -0.3 is 4.74 Å². The number of carbonyl (C=O) groups excluding carboxylic acids is 1. The molecule has 0 aromatic heterocycles. The molecule has 1 aromatic carbocycles. The van der Waals surface area contributed by atoms with E-state index < -0.39 is 40.0 Å².